The van der Waals surface area contributed by atoms with Gasteiger partial charge in [-0.15, -0.1) is 0 Å². The van der Waals surface area contributed by atoms with Crippen LogP contribution in [0.15, 0.2) is 43.7 Å². The van der Waals surface area contributed by atoms with Gasteiger partial charge in [0.25, 0.3) is 0 Å². The molecule has 2 aromatic rings. The summed E-state index contributed by atoms with van der Waals surface area (Å²) < 4.78 is 3.43. The first-order valence-electron chi connectivity index (χ1n) is 6.89. The van der Waals surface area contributed by atoms with Crippen molar-refractivity contribution in [2.75, 3.05) is 6.54 Å². The van der Waals surface area contributed by atoms with Crippen LogP contribution in [0.3, 0.4) is 0 Å². The van der Waals surface area contributed by atoms with Crippen molar-refractivity contribution in [1.29, 1.82) is 0 Å². The maximum absolute atomic E-state index is 3.74. The fraction of sp³-hybridized carbons (Fsp3) is 0.294. The van der Waals surface area contributed by atoms with Crippen LogP contribution in [0.25, 0.3) is 0 Å². The highest BCUT2D eigenvalue weighted by Gasteiger charge is 2.20. The number of hydrogen-bond donors (Lipinski definition) is 1. The molecule has 0 heterocycles. The molecule has 2 rings (SSSR count). The molecule has 0 saturated carbocycles. The van der Waals surface area contributed by atoms with Crippen LogP contribution >= 0.6 is 47.8 Å². The average Bonchev–Trinajstić information content (AvgIpc) is 2.44. The highest BCUT2D eigenvalue weighted by molar-refractivity contribution is 9.11. The molecule has 1 unspecified atom stereocenters. The molecule has 1 N–H and O–H groups in total. The summed E-state index contributed by atoms with van der Waals surface area (Å²) in [6, 6.07) is 10.9. The number of benzene rings is 2. The lowest BCUT2D eigenvalue weighted by Crippen LogP contribution is -2.23. The van der Waals surface area contributed by atoms with Crippen molar-refractivity contribution in [3.05, 3.63) is 66.0 Å². The van der Waals surface area contributed by atoms with Crippen LogP contribution in [0.4, 0.5) is 0 Å². The van der Waals surface area contributed by atoms with E-state index >= 15 is 0 Å². The van der Waals surface area contributed by atoms with E-state index in [-0.39, 0.29) is 6.04 Å². The van der Waals surface area contributed by atoms with Gasteiger partial charge >= 0.3 is 0 Å². The van der Waals surface area contributed by atoms with Gasteiger partial charge in [0.15, 0.2) is 0 Å². The number of halogens is 3. The van der Waals surface area contributed by atoms with E-state index in [9.17, 15) is 0 Å². The van der Waals surface area contributed by atoms with Crippen LogP contribution in [0.1, 0.15) is 35.2 Å². The molecule has 0 amide bonds. The van der Waals surface area contributed by atoms with E-state index in [0.29, 0.717) is 0 Å². The summed E-state index contributed by atoms with van der Waals surface area (Å²) in [7, 11) is 0. The molecular formula is C17H18Br3N. The summed E-state index contributed by atoms with van der Waals surface area (Å²) >= 11 is 11.1. The van der Waals surface area contributed by atoms with Gasteiger partial charge in [-0.1, -0.05) is 72.9 Å². The van der Waals surface area contributed by atoms with Gasteiger partial charge in [-0.3, -0.25) is 0 Å². The van der Waals surface area contributed by atoms with Gasteiger partial charge in [0.1, 0.15) is 0 Å². The van der Waals surface area contributed by atoms with E-state index in [1.807, 2.05) is 0 Å². The fourth-order valence-electron chi connectivity index (χ4n) is 2.37. The van der Waals surface area contributed by atoms with E-state index in [4.69, 9.17) is 0 Å². The molecule has 1 nitrogen and oxygen atoms in total. The first-order valence-corrected chi connectivity index (χ1v) is 9.27. The Morgan fingerprint density at radius 1 is 0.952 bits per heavy atom. The Hall–Kier alpha value is -0.160. The molecule has 0 aliphatic carbocycles. The predicted molar refractivity (Wildman–Crippen MR) is 101 cm³/mol. The van der Waals surface area contributed by atoms with Gasteiger partial charge in [-0.2, -0.15) is 0 Å². The van der Waals surface area contributed by atoms with Crippen LogP contribution in [0.5, 0.6) is 0 Å². The summed E-state index contributed by atoms with van der Waals surface area (Å²) in [5.74, 6) is 0. The number of hydrogen-bond acceptors (Lipinski definition) is 1. The molecule has 1 atom stereocenters. The van der Waals surface area contributed by atoms with Crippen LogP contribution < -0.4 is 5.32 Å². The molecule has 4 heteroatoms. The maximum Gasteiger partial charge on any atom is 0.0599 e. The monoisotopic (exact) mass is 473 g/mol. The van der Waals surface area contributed by atoms with E-state index in [2.05, 4.69) is 104 Å². The molecule has 0 bridgehead atoms. The van der Waals surface area contributed by atoms with Crippen molar-refractivity contribution >= 4 is 47.8 Å². The van der Waals surface area contributed by atoms with Crippen molar-refractivity contribution in [2.45, 2.75) is 26.8 Å². The average molecular weight is 476 g/mol. The lowest BCUT2D eigenvalue weighted by molar-refractivity contribution is 0.625. The molecule has 0 aromatic heterocycles. The number of nitrogens with one attached hydrogen (secondary N) is 1. The Morgan fingerprint density at radius 3 is 2.33 bits per heavy atom. The van der Waals surface area contributed by atoms with Crippen LogP contribution in [0, 0.1) is 13.8 Å². The summed E-state index contributed by atoms with van der Waals surface area (Å²) in [6.45, 7) is 7.26. The summed E-state index contributed by atoms with van der Waals surface area (Å²) in [6.07, 6.45) is 0. The SMILES string of the molecule is CCNC(c1cc(Br)c(C)cc1Br)c1cccc(C)c1Br. The lowest BCUT2D eigenvalue weighted by Gasteiger charge is -2.23. The molecular weight excluding hydrogens is 458 g/mol. The minimum atomic E-state index is 0.149. The van der Waals surface area contributed by atoms with Gasteiger partial charge in [0.05, 0.1) is 6.04 Å². The predicted octanol–water partition coefficient (Wildman–Crippen LogP) is 6.29. The minimum Gasteiger partial charge on any atom is -0.306 e. The van der Waals surface area contributed by atoms with Crippen molar-refractivity contribution in [2.24, 2.45) is 0 Å². The largest absolute Gasteiger partial charge is 0.306 e. The van der Waals surface area contributed by atoms with E-state index in [0.717, 1.165) is 15.5 Å². The molecule has 0 fully saturated rings. The first kappa shape index (κ1) is 17.2. The van der Waals surface area contributed by atoms with E-state index in [1.54, 1.807) is 0 Å². The molecule has 0 spiro atoms. The van der Waals surface area contributed by atoms with Crippen LogP contribution in [0.2, 0.25) is 0 Å². The van der Waals surface area contributed by atoms with Crippen molar-refractivity contribution in [3.63, 3.8) is 0 Å². The molecule has 0 aliphatic heterocycles. The zero-order valence-electron chi connectivity index (χ0n) is 12.3. The Labute approximate surface area is 151 Å². The van der Waals surface area contributed by atoms with Crippen molar-refractivity contribution < 1.29 is 0 Å². The summed E-state index contributed by atoms with van der Waals surface area (Å²) in [4.78, 5) is 0. The third-order valence-electron chi connectivity index (χ3n) is 3.53. The molecule has 0 radical (unpaired) electrons. The third-order valence-corrected chi connectivity index (χ3v) is 6.15. The Bertz CT molecular complexity index is 653. The van der Waals surface area contributed by atoms with Gasteiger partial charge in [0, 0.05) is 13.4 Å². The Balaban J connectivity index is 2.59. The zero-order chi connectivity index (χ0) is 15.6. The standard InChI is InChI=1S/C17H18Br3N/c1-4-21-17(12-7-5-6-10(2)16(12)20)13-9-14(18)11(3)8-15(13)19/h5-9,17,21H,4H2,1-3H3. The van der Waals surface area contributed by atoms with Gasteiger partial charge in [0.2, 0.25) is 0 Å². The Kier molecular flexibility index (Phi) is 6.06. The topological polar surface area (TPSA) is 12.0 Å². The van der Waals surface area contributed by atoms with Crippen molar-refractivity contribution in [3.8, 4) is 0 Å². The molecule has 0 aliphatic rings. The second-order valence-corrected chi connectivity index (χ2v) is 7.59. The van der Waals surface area contributed by atoms with Crippen LogP contribution in [-0.2, 0) is 0 Å². The van der Waals surface area contributed by atoms with Gasteiger partial charge in [-0.25, -0.2) is 0 Å². The number of aryl methyl sites for hydroxylation is 2. The highest BCUT2D eigenvalue weighted by atomic mass is 79.9. The summed E-state index contributed by atoms with van der Waals surface area (Å²) in [5, 5.41) is 3.59. The highest BCUT2D eigenvalue weighted by Crippen LogP contribution is 2.36. The van der Waals surface area contributed by atoms with Crippen molar-refractivity contribution in [1.82, 2.24) is 5.32 Å². The van der Waals surface area contributed by atoms with E-state index < -0.39 is 0 Å². The quantitative estimate of drug-likeness (QED) is 0.548. The lowest BCUT2D eigenvalue weighted by atomic mass is 9.96. The fourth-order valence-corrected chi connectivity index (χ4v) is 3.91. The smallest absolute Gasteiger partial charge is 0.0599 e. The third kappa shape index (κ3) is 3.79. The molecule has 0 saturated heterocycles. The summed E-state index contributed by atoms with van der Waals surface area (Å²) in [5.41, 5.74) is 4.97. The zero-order valence-corrected chi connectivity index (χ0v) is 17.1. The number of rotatable bonds is 4. The second-order valence-electron chi connectivity index (χ2n) is 5.09. The first-order chi connectivity index (χ1) is 9.95. The normalized spacial score (nSPS) is 12.5. The second kappa shape index (κ2) is 7.40. The van der Waals surface area contributed by atoms with E-state index in [1.165, 1.54) is 26.7 Å². The molecule has 21 heavy (non-hydrogen) atoms. The molecule has 2 aromatic carbocycles. The Morgan fingerprint density at radius 2 is 1.67 bits per heavy atom. The molecule has 112 valence electrons. The van der Waals surface area contributed by atoms with Crippen LogP contribution in [-0.4, -0.2) is 6.54 Å². The van der Waals surface area contributed by atoms with Gasteiger partial charge < -0.3 is 5.32 Å². The van der Waals surface area contributed by atoms with Gasteiger partial charge in [-0.05, 0) is 54.8 Å². The minimum absolute atomic E-state index is 0.149. The maximum atomic E-state index is 3.74.